The minimum absolute atomic E-state index is 0.236. The molecule has 1 saturated heterocycles. The number of hydrogen-bond acceptors (Lipinski definition) is 4. The van der Waals surface area contributed by atoms with Crippen molar-refractivity contribution >= 4 is 0 Å². The first-order chi connectivity index (χ1) is 15.1. The zero-order valence-corrected chi connectivity index (χ0v) is 18.4. The maximum Gasteiger partial charge on any atom is 0.123 e. The van der Waals surface area contributed by atoms with Crippen LogP contribution in [0.3, 0.4) is 0 Å². The molecule has 1 aliphatic rings. The molecule has 3 aromatic rings. The average molecular weight is 423 g/mol. The third-order valence-electron chi connectivity index (χ3n) is 5.94. The van der Waals surface area contributed by atoms with Gasteiger partial charge in [-0.3, -0.25) is 0 Å². The first-order valence-corrected chi connectivity index (χ1v) is 11.0. The Morgan fingerprint density at radius 2 is 1.90 bits per heavy atom. The van der Waals surface area contributed by atoms with Gasteiger partial charge < -0.3 is 15.0 Å². The van der Waals surface area contributed by atoms with Crippen LogP contribution in [0.2, 0.25) is 0 Å². The lowest BCUT2D eigenvalue weighted by Gasteiger charge is -2.15. The number of aromatic nitrogens is 2. The van der Waals surface area contributed by atoms with Gasteiger partial charge in [0.2, 0.25) is 0 Å². The van der Waals surface area contributed by atoms with Crippen LogP contribution in [0.4, 0.5) is 4.39 Å². The van der Waals surface area contributed by atoms with Gasteiger partial charge in [-0.25, -0.2) is 9.07 Å². The summed E-state index contributed by atoms with van der Waals surface area (Å²) in [5.41, 5.74) is 5.16. The Morgan fingerprint density at radius 1 is 1.13 bits per heavy atom. The number of nitrogens with one attached hydrogen (secondary N) is 1. The molecular formula is C25H31FN4O. The highest BCUT2D eigenvalue weighted by molar-refractivity contribution is 5.63. The predicted octanol–water partition coefficient (Wildman–Crippen LogP) is 4.04. The van der Waals surface area contributed by atoms with Crippen LogP contribution >= 0.6 is 0 Å². The van der Waals surface area contributed by atoms with Gasteiger partial charge in [0.05, 0.1) is 18.0 Å². The van der Waals surface area contributed by atoms with Crippen molar-refractivity contribution in [3.8, 4) is 16.9 Å². The third kappa shape index (κ3) is 5.58. The van der Waals surface area contributed by atoms with Crippen molar-refractivity contribution in [3.05, 3.63) is 71.7 Å². The van der Waals surface area contributed by atoms with Gasteiger partial charge in [-0.05, 0) is 68.8 Å². The average Bonchev–Trinajstić information content (AvgIpc) is 3.41. The molecule has 1 N–H and O–H groups in total. The van der Waals surface area contributed by atoms with Crippen LogP contribution in [0, 0.1) is 18.7 Å². The van der Waals surface area contributed by atoms with Gasteiger partial charge in [0.15, 0.2) is 0 Å². The molecule has 164 valence electrons. The third-order valence-corrected chi connectivity index (χ3v) is 5.94. The van der Waals surface area contributed by atoms with Crippen LogP contribution in [-0.2, 0) is 11.3 Å². The van der Waals surface area contributed by atoms with Gasteiger partial charge in [-0.1, -0.05) is 17.7 Å². The highest BCUT2D eigenvalue weighted by Crippen LogP contribution is 2.24. The normalized spacial score (nSPS) is 16.8. The Balaban J connectivity index is 1.46. The van der Waals surface area contributed by atoms with E-state index in [2.05, 4.69) is 47.6 Å². The largest absolute Gasteiger partial charge is 0.383 e. The van der Waals surface area contributed by atoms with E-state index in [-0.39, 0.29) is 5.82 Å². The van der Waals surface area contributed by atoms with Crippen molar-refractivity contribution in [1.29, 1.82) is 0 Å². The summed E-state index contributed by atoms with van der Waals surface area (Å²) >= 11 is 0. The maximum absolute atomic E-state index is 13.4. The van der Waals surface area contributed by atoms with E-state index in [4.69, 9.17) is 9.84 Å². The number of benzene rings is 2. The summed E-state index contributed by atoms with van der Waals surface area (Å²) in [6.45, 7) is 7.83. The van der Waals surface area contributed by atoms with Crippen LogP contribution in [0.5, 0.6) is 0 Å². The fourth-order valence-electron chi connectivity index (χ4n) is 4.13. The van der Waals surface area contributed by atoms with E-state index in [1.807, 2.05) is 4.68 Å². The topological polar surface area (TPSA) is 42.3 Å². The van der Waals surface area contributed by atoms with E-state index >= 15 is 0 Å². The van der Waals surface area contributed by atoms with Crippen LogP contribution in [0.25, 0.3) is 16.9 Å². The molecule has 1 aromatic heterocycles. The van der Waals surface area contributed by atoms with Gasteiger partial charge in [0.1, 0.15) is 5.82 Å². The zero-order chi connectivity index (χ0) is 21.6. The molecule has 0 spiro atoms. The number of nitrogens with zero attached hydrogens (tertiary/aromatic N) is 3. The highest BCUT2D eigenvalue weighted by Gasteiger charge is 2.22. The fraction of sp³-hybridized carbons (Fsp3) is 0.400. The van der Waals surface area contributed by atoms with E-state index < -0.39 is 0 Å². The smallest absolute Gasteiger partial charge is 0.123 e. The molecule has 1 atom stereocenters. The van der Waals surface area contributed by atoms with Crippen molar-refractivity contribution in [2.24, 2.45) is 5.92 Å². The second-order valence-corrected chi connectivity index (χ2v) is 8.37. The molecule has 2 aromatic carbocycles. The molecule has 6 heteroatoms. The standard InChI is InChI=1S/C25H31FN4O/c1-19-3-9-24(10-4-19)30-18-22(25(28-30)21-5-7-23(26)8-6-21)16-27-15-20-11-12-29(17-20)13-14-31-2/h3-10,18,20,27H,11-17H2,1-2H3. The highest BCUT2D eigenvalue weighted by atomic mass is 19.1. The van der Waals surface area contributed by atoms with Gasteiger partial charge >= 0.3 is 0 Å². The number of methoxy groups -OCH3 is 1. The van der Waals surface area contributed by atoms with E-state index in [0.29, 0.717) is 5.92 Å². The van der Waals surface area contributed by atoms with Gasteiger partial charge in [-0.15, -0.1) is 0 Å². The summed E-state index contributed by atoms with van der Waals surface area (Å²) in [6, 6.07) is 14.9. The minimum atomic E-state index is -0.236. The number of ether oxygens (including phenoxy) is 1. The SMILES string of the molecule is COCCN1CCC(CNCc2cn(-c3ccc(C)cc3)nc2-c2ccc(F)cc2)C1. The second kappa shape index (κ2) is 10.2. The summed E-state index contributed by atoms with van der Waals surface area (Å²) in [7, 11) is 1.75. The molecule has 0 saturated carbocycles. The fourth-order valence-corrected chi connectivity index (χ4v) is 4.13. The Hall–Kier alpha value is -2.54. The Bertz CT molecular complexity index is 968. The Kier molecular flexibility index (Phi) is 7.12. The van der Waals surface area contributed by atoms with Crippen molar-refractivity contribution in [3.63, 3.8) is 0 Å². The van der Waals surface area contributed by atoms with Gasteiger partial charge in [0, 0.05) is 44.1 Å². The number of likely N-dealkylation sites (tertiary alicyclic amines) is 1. The molecule has 31 heavy (non-hydrogen) atoms. The number of halogens is 1. The number of rotatable bonds is 9. The second-order valence-electron chi connectivity index (χ2n) is 8.37. The first kappa shape index (κ1) is 21.7. The van der Waals surface area contributed by atoms with E-state index in [1.54, 1.807) is 19.2 Å². The Labute approximate surface area is 183 Å². The van der Waals surface area contributed by atoms with Gasteiger partial charge in [0.25, 0.3) is 0 Å². The quantitative estimate of drug-likeness (QED) is 0.565. The predicted molar refractivity (Wildman–Crippen MR) is 122 cm³/mol. The Morgan fingerprint density at radius 3 is 2.65 bits per heavy atom. The number of hydrogen-bond donors (Lipinski definition) is 1. The molecule has 4 rings (SSSR count). The maximum atomic E-state index is 13.4. The van der Waals surface area contributed by atoms with Crippen LogP contribution < -0.4 is 5.32 Å². The van der Waals surface area contributed by atoms with Crippen molar-refractivity contribution in [2.45, 2.75) is 19.9 Å². The summed E-state index contributed by atoms with van der Waals surface area (Å²) in [6.07, 6.45) is 3.29. The monoisotopic (exact) mass is 422 g/mol. The van der Waals surface area contributed by atoms with Gasteiger partial charge in [-0.2, -0.15) is 5.10 Å². The molecule has 0 bridgehead atoms. The molecule has 0 radical (unpaired) electrons. The first-order valence-electron chi connectivity index (χ1n) is 11.0. The van der Waals surface area contributed by atoms with E-state index in [0.717, 1.165) is 61.8 Å². The van der Waals surface area contributed by atoms with Crippen LogP contribution in [-0.4, -0.2) is 54.6 Å². The summed E-state index contributed by atoms with van der Waals surface area (Å²) < 4.78 is 20.6. The lowest BCUT2D eigenvalue weighted by molar-refractivity contribution is 0.159. The van der Waals surface area contributed by atoms with Crippen LogP contribution in [0.1, 0.15) is 17.5 Å². The molecule has 0 aliphatic carbocycles. The van der Waals surface area contributed by atoms with Crippen molar-refractivity contribution < 1.29 is 9.13 Å². The minimum Gasteiger partial charge on any atom is -0.383 e. The van der Waals surface area contributed by atoms with Crippen LogP contribution in [0.15, 0.2) is 54.7 Å². The summed E-state index contributed by atoms with van der Waals surface area (Å²) in [5.74, 6) is 0.416. The molecule has 0 amide bonds. The van der Waals surface area contributed by atoms with E-state index in [1.165, 1.54) is 24.1 Å². The zero-order valence-electron chi connectivity index (χ0n) is 18.4. The van der Waals surface area contributed by atoms with Crippen molar-refractivity contribution in [2.75, 3.05) is 39.9 Å². The lowest BCUT2D eigenvalue weighted by atomic mass is 10.1. The molecule has 2 heterocycles. The summed E-state index contributed by atoms with van der Waals surface area (Å²) in [5, 5.41) is 8.47. The molecule has 1 fully saturated rings. The molecular weight excluding hydrogens is 391 g/mol. The molecule has 1 aliphatic heterocycles. The lowest BCUT2D eigenvalue weighted by Crippen LogP contribution is -2.28. The van der Waals surface area contributed by atoms with E-state index in [9.17, 15) is 4.39 Å². The number of aryl methyl sites for hydroxylation is 1. The molecule has 5 nitrogen and oxygen atoms in total. The summed E-state index contributed by atoms with van der Waals surface area (Å²) in [4.78, 5) is 2.47. The van der Waals surface area contributed by atoms with Crippen molar-refractivity contribution in [1.82, 2.24) is 20.0 Å². The molecule has 1 unspecified atom stereocenters.